The molecule has 2 N–H and O–H groups in total. The molecule has 0 radical (unpaired) electrons. The second-order valence-electron chi connectivity index (χ2n) is 17.3. The number of nitrogens with zero attached hydrogens (tertiary/aromatic N) is 5. The molecular formula is C40H51F4N7O6. The molecule has 57 heavy (non-hydrogen) atoms. The zero-order chi connectivity index (χ0) is 39.6. The Morgan fingerprint density at radius 2 is 1.68 bits per heavy atom. The summed E-state index contributed by atoms with van der Waals surface area (Å²) in [6.45, 7) is 2.28. The first-order valence-electron chi connectivity index (χ1n) is 20.5. The van der Waals surface area contributed by atoms with Crippen LogP contribution in [0.15, 0.2) is 24.4 Å². The van der Waals surface area contributed by atoms with Crippen molar-refractivity contribution in [2.24, 2.45) is 24.8 Å². The molecule has 6 fully saturated rings. The number of hydrogen-bond acceptors (Lipinski definition) is 9. The number of rotatable bonds is 10. The second kappa shape index (κ2) is 15.1. The number of aromatic nitrogens is 2. The van der Waals surface area contributed by atoms with Crippen molar-refractivity contribution in [3.05, 3.63) is 41.5 Å². The number of hydrogen-bond donors (Lipinski definition) is 2. The van der Waals surface area contributed by atoms with E-state index in [1.54, 1.807) is 13.1 Å². The molecule has 13 nitrogen and oxygen atoms in total. The number of ether oxygens (including phenoxy) is 3. The number of piperazine rings is 1. The third-order valence-electron chi connectivity index (χ3n) is 13.6. The van der Waals surface area contributed by atoms with E-state index >= 15 is 4.39 Å². The van der Waals surface area contributed by atoms with Crippen molar-refractivity contribution >= 4 is 23.4 Å². The van der Waals surface area contributed by atoms with Gasteiger partial charge in [-0.1, -0.05) is 0 Å². The summed E-state index contributed by atoms with van der Waals surface area (Å²) in [7, 11) is 1.64. The molecule has 2 aliphatic carbocycles. The van der Waals surface area contributed by atoms with Gasteiger partial charge in [-0.05, 0) is 81.3 Å². The van der Waals surface area contributed by atoms with E-state index in [2.05, 4.69) is 20.6 Å². The first kappa shape index (κ1) is 38.7. The van der Waals surface area contributed by atoms with Gasteiger partial charge in [0.2, 0.25) is 11.8 Å². The predicted octanol–water partition coefficient (Wildman–Crippen LogP) is 4.04. The van der Waals surface area contributed by atoms with Gasteiger partial charge >= 0.3 is 6.18 Å². The number of amides is 3. The smallest absolute Gasteiger partial charge is 0.405 e. The summed E-state index contributed by atoms with van der Waals surface area (Å²) in [5.74, 6) is -1.64. The van der Waals surface area contributed by atoms with Crippen molar-refractivity contribution in [3.63, 3.8) is 0 Å². The van der Waals surface area contributed by atoms with Crippen LogP contribution in [0.2, 0.25) is 0 Å². The number of likely N-dealkylation sites (tertiary alicyclic amines) is 1. The quantitative estimate of drug-likeness (QED) is 0.342. The minimum atomic E-state index is -4.61. The lowest BCUT2D eigenvalue weighted by Crippen LogP contribution is -2.65. The topological polar surface area (TPSA) is 130 Å². The Hall–Kier alpha value is -3.80. The van der Waals surface area contributed by atoms with Gasteiger partial charge in [-0.2, -0.15) is 18.3 Å². The summed E-state index contributed by atoms with van der Waals surface area (Å²) in [6, 6.07) is 0.310. The van der Waals surface area contributed by atoms with E-state index in [-0.39, 0.29) is 46.9 Å². The van der Waals surface area contributed by atoms with Crippen LogP contribution in [0.5, 0.6) is 5.75 Å². The van der Waals surface area contributed by atoms with Crippen molar-refractivity contribution in [1.82, 2.24) is 29.8 Å². The second-order valence-corrected chi connectivity index (χ2v) is 17.3. The fourth-order valence-corrected chi connectivity index (χ4v) is 10.1. The SMILES string of the molecule is Cn1nccc1C(=O)N[C@H](C(=O)Nc1cc2c(cc1F)C(N1C[C@@H](C(F)(F)F)N(C3CCOCC3)CC1=O)CC1(CCN(C3COC3)CC1)O2)C(C1CC1)C1CC1. The molecule has 1 unspecified atom stereocenters. The zero-order valence-electron chi connectivity index (χ0n) is 32.1. The van der Waals surface area contributed by atoms with Crippen molar-refractivity contribution in [1.29, 1.82) is 0 Å². The molecule has 3 atom stereocenters. The van der Waals surface area contributed by atoms with Crippen molar-refractivity contribution < 1.29 is 46.2 Å². The summed E-state index contributed by atoms with van der Waals surface area (Å²) in [5.41, 5.74) is -0.441. The van der Waals surface area contributed by atoms with E-state index in [1.165, 1.54) is 32.8 Å². The van der Waals surface area contributed by atoms with Gasteiger partial charge in [-0.25, -0.2) is 4.39 Å². The summed E-state index contributed by atoms with van der Waals surface area (Å²) >= 11 is 0. The fraction of sp³-hybridized carbons (Fsp3) is 0.700. The van der Waals surface area contributed by atoms with Crippen LogP contribution in [-0.4, -0.2) is 131 Å². The molecular weight excluding hydrogens is 750 g/mol. The molecule has 9 rings (SSSR count). The highest BCUT2D eigenvalue weighted by molar-refractivity contribution is 6.01. The average molecular weight is 802 g/mol. The van der Waals surface area contributed by atoms with Crippen LogP contribution in [0.3, 0.4) is 0 Å². The minimum Gasteiger partial charge on any atom is -0.487 e. The predicted molar refractivity (Wildman–Crippen MR) is 197 cm³/mol. The number of piperidine rings is 1. The van der Waals surface area contributed by atoms with Crippen LogP contribution in [0.1, 0.15) is 79.9 Å². The Morgan fingerprint density at radius 1 is 0.982 bits per heavy atom. The zero-order valence-corrected chi connectivity index (χ0v) is 32.1. The number of carbonyl (C=O) groups excluding carboxylic acids is 3. The molecule has 2 saturated carbocycles. The Morgan fingerprint density at radius 3 is 2.28 bits per heavy atom. The van der Waals surface area contributed by atoms with Crippen LogP contribution < -0.4 is 15.4 Å². The van der Waals surface area contributed by atoms with Crippen LogP contribution in [0.25, 0.3) is 0 Å². The van der Waals surface area contributed by atoms with Crippen LogP contribution in [0.4, 0.5) is 23.2 Å². The van der Waals surface area contributed by atoms with E-state index in [4.69, 9.17) is 14.2 Å². The van der Waals surface area contributed by atoms with Gasteiger partial charge in [-0.15, -0.1) is 0 Å². The fourth-order valence-electron chi connectivity index (χ4n) is 10.1. The number of anilines is 1. The Labute approximate surface area is 328 Å². The molecule has 0 bridgehead atoms. The molecule has 1 aromatic carbocycles. The molecule has 17 heteroatoms. The summed E-state index contributed by atoms with van der Waals surface area (Å²) in [4.78, 5) is 46.7. The summed E-state index contributed by atoms with van der Waals surface area (Å²) < 4.78 is 80.1. The first-order valence-corrected chi connectivity index (χ1v) is 20.5. The number of halogens is 4. The monoisotopic (exact) mass is 801 g/mol. The average Bonchev–Trinajstić information content (AvgIpc) is 4.11. The van der Waals surface area contributed by atoms with E-state index in [9.17, 15) is 27.6 Å². The Bertz CT molecular complexity index is 1840. The minimum absolute atomic E-state index is 0.120. The Kier molecular flexibility index (Phi) is 10.3. The van der Waals surface area contributed by atoms with Gasteiger partial charge in [0.05, 0.1) is 37.5 Å². The molecule has 1 aromatic heterocycles. The van der Waals surface area contributed by atoms with Gasteiger partial charge in [0, 0.05) is 70.2 Å². The molecule has 1 spiro atoms. The molecule has 4 saturated heterocycles. The van der Waals surface area contributed by atoms with E-state index in [0.717, 1.165) is 25.7 Å². The number of benzene rings is 1. The molecule has 2 aromatic rings. The maximum absolute atomic E-state index is 16.4. The highest BCUT2D eigenvalue weighted by Gasteiger charge is 2.55. The summed E-state index contributed by atoms with van der Waals surface area (Å²) in [5, 5.41) is 9.81. The van der Waals surface area contributed by atoms with Crippen LogP contribution >= 0.6 is 0 Å². The normalized spacial score (nSPS) is 26.8. The summed E-state index contributed by atoms with van der Waals surface area (Å²) in [6.07, 6.45) is 2.77. The van der Waals surface area contributed by atoms with Crippen molar-refractivity contribution in [2.45, 2.75) is 99.8 Å². The lowest BCUT2D eigenvalue weighted by Gasteiger charge is -2.53. The highest BCUT2D eigenvalue weighted by Crippen LogP contribution is 2.52. The van der Waals surface area contributed by atoms with Crippen LogP contribution in [-0.2, 0) is 26.1 Å². The van der Waals surface area contributed by atoms with Crippen molar-refractivity contribution in [3.8, 4) is 5.75 Å². The van der Waals surface area contributed by atoms with E-state index < -0.39 is 72.6 Å². The van der Waals surface area contributed by atoms with E-state index in [0.29, 0.717) is 71.2 Å². The molecule has 310 valence electrons. The van der Waals surface area contributed by atoms with Gasteiger partial charge in [0.1, 0.15) is 34.9 Å². The van der Waals surface area contributed by atoms with Gasteiger partial charge < -0.3 is 29.7 Å². The van der Waals surface area contributed by atoms with Gasteiger partial charge in [0.15, 0.2) is 0 Å². The molecule has 5 aliphatic heterocycles. The first-order chi connectivity index (χ1) is 27.4. The maximum atomic E-state index is 16.4. The standard InChI is InChI=1S/C40H51F4N7O6/c1-48-30(6-11-45-48)37(53)47-36(35(23-2-3-23)24-4-5-24)38(54)46-29-17-32-27(16-28(29)41)31(18-39(57-32)9-12-49(13-10-39)26-21-56-22-26)51-19-33(40(42,43)44)50(20-34(51)52)25-7-14-55-15-8-25/h6,11,16-17,23-26,31,33,35-36H,2-5,7-10,12-15,18-22H2,1H3,(H,46,54)(H,47,53)/t31?,33-,36-/m0/s1. The third-order valence-corrected chi connectivity index (χ3v) is 13.6. The number of nitrogens with one attached hydrogen (secondary N) is 2. The van der Waals surface area contributed by atoms with Crippen molar-refractivity contribution in [2.75, 3.05) is 57.9 Å². The number of aryl methyl sites for hydroxylation is 1. The Balaban J connectivity index is 1.02. The number of carbonyl (C=O) groups is 3. The van der Waals surface area contributed by atoms with Gasteiger partial charge in [-0.3, -0.25) is 28.9 Å². The van der Waals surface area contributed by atoms with E-state index in [1.807, 2.05) is 0 Å². The largest absolute Gasteiger partial charge is 0.487 e. The van der Waals surface area contributed by atoms with Crippen LogP contribution in [0, 0.1) is 23.6 Å². The highest BCUT2D eigenvalue weighted by atomic mass is 19.4. The lowest BCUT2D eigenvalue weighted by molar-refractivity contribution is -0.212. The maximum Gasteiger partial charge on any atom is 0.405 e. The molecule has 7 aliphatic rings. The number of alkyl halides is 3. The lowest BCUT2D eigenvalue weighted by atomic mass is 9.79. The molecule has 3 amide bonds. The van der Waals surface area contributed by atoms with Gasteiger partial charge in [0.25, 0.3) is 5.91 Å². The third kappa shape index (κ3) is 7.76. The number of fused-ring (bicyclic) bond motifs is 1. The molecule has 6 heterocycles.